The number of nitrogens with zero attached hydrogens (tertiary/aromatic N) is 1. The molecule has 2 rings (SSSR count). The average Bonchev–Trinajstić information content (AvgIpc) is 2.65. The van der Waals surface area contributed by atoms with Crippen LogP contribution in [0.15, 0.2) is 15.2 Å². The second-order valence-corrected chi connectivity index (χ2v) is 6.94. The van der Waals surface area contributed by atoms with Crippen molar-refractivity contribution in [2.75, 3.05) is 26.7 Å². The summed E-state index contributed by atoms with van der Waals surface area (Å²) in [4.78, 5) is 2.45. The number of rotatable bonds is 4. The van der Waals surface area contributed by atoms with Crippen LogP contribution in [0.3, 0.4) is 0 Å². The summed E-state index contributed by atoms with van der Waals surface area (Å²) < 4.78 is 1.23. The predicted molar refractivity (Wildman–Crippen MR) is 73.9 cm³/mol. The summed E-state index contributed by atoms with van der Waals surface area (Å²) in [7, 11) is 2.23. The summed E-state index contributed by atoms with van der Waals surface area (Å²) in [6, 6.07) is 2.23. The lowest BCUT2D eigenvalue weighted by molar-refractivity contribution is 0.235. The Labute approximate surface area is 110 Å². The van der Waals surface area contributed by atoms with Crippen LogP contribution >= 0.6 is 27.3 Å². The van der Waals surface area contributed by atoms with Crippen LogP contribution in [-0.2, 0) is 6.54 Å². The van der Waals surface area contributed by atoms with Crippen molar-refractivity contribution < 1.29 is 0 Å². The Morgan fingerprint density at radius 2 is 2.25 bits per heavy atom. The highest BCUT2D eigenvalue weighted by Crippen LogP contribution is 2.22. The summed E-state index contributed by atoms with van der Waals surface area (Å²) in [5.41, 5.74) is 1.42. The van der Waals surface area contributed by atoms with Gasteiger partial charge in [0.1, 0.15) is 0 Å². The molecule has 0 amide bonds. The highest BCUT2D eigenvalue weighted by Gasteiger charge is 2.15. The summed E-state index contributed by atoms with van der Waals surface area (Å²) >= 11 is 5.28. The van der Waals surface area contributed by atoms with Crippen LogP contribution in [0, 0.1) is 5.92 Å². The smallest absolute Gasteiger partial charge is 0.0701 e. The van der Waals surface area contributed by atoms with Crippen LogP contribution in [0.5, 0.6) is 0 Å². The standard InChI is InChI=1S/C12H19BrN2S/c1-15(7-10-2-4-14-5-3-10)8-11-6-12(13)16-9-11/h6,9-10,14H,2-5,7-8H2,1H3. The zero-order valence-corrected chi connectivity index (χ0v) is 12.1. The SMILES string of the molecule is CN(Cc1csc(Br)c1)CC1CCNCC1. The molecule has 1 aliphatic rings. The van der Waals surface area contributed by atoms with Crippen LogP contribution in [0.4, 0.5) is 0 Å². The van der Waals surface area contributed by atoms with Gasteiger partial charge in [-0.05, 0) is 71.8 Å². The van der Waals surface area contributed by atoms with Crippen molar-refractivity contribution in [3.63, 3.8) is 0 Å². The lowest BCUT2D eigenvalue weighted by atomic mass is 9.97. The lowest BCUT2D eigenvalue weighted by Crippen LogP contribution is -2.34. The molecule has 0 aromatic carbocycles. The summed E-state index contributed by atoms with van der Waals surface area (Å²) in [6.07, 6.45) is 2.66. The van der Waals surface area contributed by atoms with E-state index in [9.17, 15) is 0 Å². The normalized spacial score (nSPS) is 18.2. The van der Waals surface area contributed by atoms with Crippen molar-refractivity contribution in [2.24, 2.45) is 5.92 Å². The van der Waals surface area contributed by atoms with Crippen molar-refractivity contribution in [1.29, 1.82) is 0 Å². The molecule has 16 heavy (non-hydrogen) atoms. The van der Waals surface area contributed by atoms with Gasteiger partial charge in [-0.25, -0.2) is 0 Å². The number of thiophene rings is 1. The third-order valence-electron chi connectivity index (χ3n) is 3.10. The van der Waals surface area contributed by atoms with Crippen molar-refractivity contribution in [1.82, 2.24) is 10.2 Å². The van der Waals surface area contributed by atoms with Crippen LogP contribution in [0.25, 0.3) is 0 Å². The van der Waals surface area contributed by atoms with E-state index >= 15 is 0 Å². The first-order valence-electron chi connectivity index (χ1n) is 5.86. The highest BCUT2D eigenvalue weighted by molar-refractivity contribution is 9.11. The van der Waals surface area contributed by atoms with Gasteiger partial charge in [-0.2, -0.15) is 0 Å². The molecule has 90 valence electrons. The quantitative estimate of drug-likeness (QED) is 0.920. The van der Waals surface area contributed by atoms with Gasteiger partial charge >= 0.3 is 0 Å². The lowest BCUT2D eigenvalue weighted by Gasteiger charge is -2.27. The number of hydrogen-bond acceptors (Lipinski definition) is 3. The first-order chi connectivity index (χ1) is 7.74. The molecule has 1 aromatic rings. The van der Waals surface area contributed by atoms with E-state index in [1.807, 2.05) is 0 Å². The number of nitrogens with one attached hydrogen (secondary N) is 1. The van der Waals surface area contributed by atoms with Crippen molar-refractivity contribution >= 4 is 27.3 Å². The third-order valence-corrected chi connectivity index (χ3v) is 4.66. The van der Waals surface area contributed by atoms with Crippen LogP contribution in [0.1, 0.15) is 18.4 Å². The topological polar surface area (TPSA) is 15.3 Å². The van der Waals surface area contributed by atoms with Gasteiger partial charge in [0.25, 0.3) is 0 Å². The highest BCUT2D eigenvalue weighted by atomic mass is 79.9. The third kappa shape index (κ3) is 3.84. The molecule has 0 bridgehead atoms. The minimum atomic E-state index is 0.883. The van der Waals surface area contributed by atoms with E-state index in [1.165, 1.54) is 41.8 Å². The molecule has 0 atom stereocenters. The first kappa shape index (κ1) is 12.6. The van der Waals surface area contributed by atoms with Gasteiger partial charge in [-0.3, -0.25) is 0 Å². The Morgan fingerprint density at radius 1 is 1.50 bits per heavy atom. The molecule has 0 radical (unpaired) electrons. The van der Waals surface area contributed by atoms with E-state index < -0.39 is 0 Å². The number of hydrogen-bond donors (Lipinski definition) is 1. The molecule has 0 saturated carbocycles. The molecule has 1 aromatic heterocycles. The molecule has 1 saturated heterocycles. The Balaban J connectivity index is 1.77. The van der Waals surface area contributed by atoms with Crippen LogP contribution in [0.2, 0.25) is 0 Å². The zero-order valence-electron chi connectivity index (χ0n) is 9.71. The Hall–Kier alpha value is 0.1000. The van der Waals surface area contributed by atoms with Gasteiger partial charge in [-0.1, -0.05) is 0 Å². The van der Waals surface area contributed by atoms with E-state index in [0.717, 1.165) is 12.5 Å². The van der Waals surface area contributed by atoms with Gasteiger partial charge in [0.15, 0.2) is 0 Å². The predicted octanol–water partition coefficient (Wildman–Crippen LogP) is 2.94. The fourth-order valence-corrected chi connectivity index (χ4v) is 3.51. The number of piperidine rings is 1. The minimum absolute atomic E-state index is 0.883. The van der Waals surface area contributed by atoms with E-state index in [0.29, 0.717) is 0 Å². The second-order valence-electron chi connectivity index (χ2n) is 4.65. The summed E-state index contributed by atoms with van der Waals surface area (Å²) in [5, 5.41) is 5.66. The maximum atomic E-state index is 3.51. The van der Waals surface area contributed by atoms with Gasteiger partial charge in [0.05, 0.1) is 3.79 Å². The number of halogens is 1. The van der Waals surface area contributed by atoms with Crippen molar-refractivity contribution in [3.05, 3.63) is 20.8 Å². The molecule has 1 fully saturated rings. The molecule has 0 aliphatic carbocycles. The average molecular weight is 303 g/mol. The molecule has 0 unspecified atom stereocenters. The van der Waals surface area contributed by atoms with Gasteiger partial charge < -0.3 is 10.2 Å². The second kappa shape index (κ2) is 6.15. The molecule has 0 spiro atoms. The van der Waals surface area contributed by atoms with Gasteiger partial charge in [0.2, 0.25) is 0 Å². The zero-order chi connectivity index (χ0) is 11.4. The van der Waals surface area contributed by atoms with Crippen LogP contribution < -0.4 is 5.32 Å². The summed E-state index contributed by atoms with van der Waals surface area (Å²) in [6.45, 7) is 4.70. The van der Waals surface area contributed by atoms with Crippen molar-refractivity contribution in [2.45, 2.75) is 19.4 Å². The molecule has 1 N–H and O–H groups in total. The molecular weight excluding hydrogens is 284 g/mol. The fourth-order valence-electron chi connectivity index (χ4n) is 2.31. The monoisotopic (exact) mass is 302 g/mol. The fraction of sp³-hybridized carbons (Fsp3) is 0.667. The maximum Gasteiger partial charge on any atom is 0.0701 e. The largest absolute Gasteiger partial charge is 0.317 e. The molecule has 1 aliphatic heterocycles. The molecule has 2 nitrogen and oxygen atoms in total. The van der Waals surface area contributed by atoms with Gasteiger partial charge in [0, 0.05) is 13.1 Å². The van der Waals surface area contributed by atoms with E-state index in [1.54, 1.807) is 11.3 Å². The Morgan fingerprint density at radius 3 is 2.88 bits per heavy atom. The van der Waals surface area contributed by atoms with E-state index in [4.69, 9.17) is 0 Å². The van der Waals surface area contributed by atoms with E-state index in [-0.39, 0.29) is 0 Å². The molecule has 4 heteroatoms. The summed E-state index contributed by atoms with van der Waals surface area (Å²) in [5.74, 6) is 0.883. The molecule has 2 heterocycles. The molecular formula is C12H19BrN2S. The van der Waals surface area contributed by atoms with Crippen LogP contribution in [-0.4, -0.2) is 31.6 Å². The minimum Gasteiger partial charge on any atom is -0.317 e. The Kier molecular flexibility index (Phi) is 4.82. The Bertz CT molecular complexity index is 321. The van der Waals surface area contributed by atoms with Crippen molar-refractivity contribution in [3.8, 4) is 0 Å². The van der Waals surface area contributed by atoms with Gasteiger partial charge in [-0.15, -0.1) is 11.3 Å². The maximum absolute atomic E-state index is 3.51. The first-order valence-corrected chi connectivity index (χ1v) is 7.53. The van der Waals surface area contributed by atoms with E-state index in [2.05, 4.69) is 44.6 Å².